The SMILES string of the molecule is Cc1nc2c(c(=O)[nH]1)CCN(C(=O)c1n[nH]c3c1C[C@H](C)CC3)C2. The molecule has 0 bridgehead atoms. The van der Waals surface area contributed by atoms with Crippen LogP contribution in [0.15, 0.2) is 4.79 Å². The number of carbonyl (C=O) groups excluding carboxylic acids is 1. The van der Waals surface area contributed by atoms with Crippen molar-refractivity contribution < 1.29 is 4.79 Å². The zero-order valence-electron chi connectivity index (χ0n) is 14.0. The monoisotopic (exact) mass is 327 g/mol. The fourth-order valence-electron chi connectivity index (χ4n) is 3.73. The number of nitrogens with one attached hydrogen (secondary N) is 2. The van der Waals surface area contributed by atoms with Crippen molar-refractivity contribution in [1.29, 1.82) is 0 Å². The minimum Gasteiger partial charge on any atom is -0.331 e. The third-order valence-electron chi connectivity index (χ3n) is 5.07. The number of hydrogen-bond donors (Lipinski definition) is 2. The Hall–Kier alpha value is -2.44. The Morgan fingerprint density at radius 3 is 2.96 bits per heavy atom. The quantitative estimate of drug-likeness (QED) is 0.821. The van der Waals surface area contributed by atoms with E-state index >= 15 is 0 Å². The van der Waals surface area contributed by atoms with E-state index in [1.165, 1.54) is 0 Å². The molecule has 0 aromatic carbocycles. The molecule has 0 unspecified atom stereocenters. The predicted molar refractivity (Wildman–Crippen MR) is 87.8 cm³/mol. The molecule has 1 aliphatic carbocycles. The third kappa shape index (κ3) is 2.44. The van der Waals surface area contributed by atoms with Gasteiger partial charge in [0.25, 0.3) is 11.5 Å². The molecule has 1 amide bonds. The first-order chi connectivity index (χ1) is 11.5. The van der Waals surface area contributed by atoms with Crippen LogP contribution in [0.5, 0.6) is 0 Å². The molecule has 0 saturated carbocycles. The minimum absolute atomic E-state index is 0.0630. The number of rotatable bonds is 1. The van der Waals surface area contributed by atoms with Crippen LogP contribution in [0.2, 0.25) is 0 Å². The lowest BCUT2D eigenvalue weighted by molar-refractivity contribution is 0.0723. The number of aryl methyl sites for hydroxylation is 2. The summed E-state index contributed by atoms with van der Waals surface area (Å²) >= 11 is 0. The summed E-state index contributed by atoms with van der Waals surface area (Å²) in [5.74, 6) is 1.10. The van der Waals surface area contributed by atoms with E-state index in [-0.39, 0.29) is 11.5 Å². The highest BCUT2D eigenvalue weighted by Gasteiger charge is 2.30. The first kappa shape index (κ1) is 15.1. The van der Waals surface area contributed by atoms with E-state index in [9.17, 15) is 9.59 Å². The number of hydrogen-bond acceptors (Lipinski definition) is 4. The molecular formula is C17H21N5O2. The Bertz CT molecular complexity index is 866. The molecule has 24 heavy (non-hydrogen) atoms. The number of amides is 1. The van der Waals surface area contributed by atoms with Crippen LogP contribution in [-0.2, 0) is 25.8 Å². The molecule has 0 fully saturated rings. The lowest BCUT2D eigenvalue weighted by Crippen LogP contribution is -2.39. The lowest BCUT2D eigenvalue weighted by Gasteiger charge is -2.28. The third-order valence-corrected chi connectivity index (χ3v) is 5.07. The smallest absolute Gasteiger partial charge is 0.275 e. The van der Waals surface area contributed by atoms with Crippen LogP contribution >= 0.6 is 0 Å². The highest BCUT2D eigenvalue weighted by molar-refractivity contribution is 5.94. The van der Waals surface area contributed by atoms with Crippen LogP contribution in [0.25, 0.3) is 0 Å². The predicted octanol–water partition coefficient (Wildman–Crippen LogP) is 1.12. The van der Waals surface area contributed by atoms with Gasteiger partial charge in [0.05, 0.1) is 12.2 Å². The Labute approximate surface area is 139 Å². The summed E-state index contributed by atoms with van der Waals surface area (Å²) in [5, 5.41) is 7.33. The van der Waals surface area contributed by atoms with E-state index in [0.717, 1.165) is 30.5 Å². The second-order valence-corrected chi connectivity index (χ2v) is 6.93. The molecule has 126 valence electrons. The summed E-state index contributed by atoms with van der Waals surface area (Å²) in [6.45, 7) is 4.86. The van der Waals surface area contributed by atoms with Crippen LogP contribution < -0.4 is 5.56 Å². The first-order valence-corrected chi connectivity index (χ1v) is 8.47. The highest BCUT2D eigenvalue weighted by Crippen LogP contribution is 2.27. The fraction of sp³-hybridized carbons (Fsp3) is 0.529. The van der Waals surface area contributed by atoms with E-state index in [0.29, 0.717) is 48.2 Å². The van der Waals surface area contributed by atoms with E-state index < -0.39 is 0 Å². The maximum Gasteiger partial charge on any atom is 0.275 e. The molecule has 2 aliphatic rings. The largest absolute Gasteiger partial charge is 0.331 e. The zero-order chi connectivity index (χ0) is 16.8. The van der Waals surface area contributed by atoms with Gasteiger partial charge in [-0.3, -0.25) is 14.7 Å². The first-order valence-electron chi connectivity index (χ1n) is 8.47. The molecule has 1 aliphatic heterocycles. The summed E-state index contributed by atoms with van der Waals surface area (Å²) in [5.41, 5.74) is 4.02. The van der Waals surface area contributed by atoms with Gasteiger partial charge in [0.1, 0.15) is 5.82 Å². The van der Waals surface area contributed by atoms with Gasteiger partial charge in [0, 0.05) is 23.4 Å². The van der Waals surface area contributed by atoms with Crippen molar-refractivity contribution in [3.8, 4) is 0 Å². The Morgan fingerprint density at radius 2 is 2.12 bits per heavy atom. The molecule has 3 heterocycles. The molecule has 2 N–H and O–H groups in total. The average Bonchev–Trinajstić information content (AvgIpc) is 2.96. The normalized spacial score (nSPS) is 19.8. The number of nitrogens with zero attached hydrogens (tertiary/aromatic N) is 3. The number of H-pyrrole nitrogens is 2. The van der Waals surface area contributed by atoms with Crippen LogP contribution in [0.3, 0.4) is 0 Å². The van der Waals surface area contributed by atoms with Crippen molar-refractivity contribution in [2.24, 2.45) is 5.92 Å². The highest BCUT2D eigenvalue weighted by atomic mass is 16.2. The van der Waals surface area contributed by atoms with Gasteiger partial charge in [0.15, 0.2) is 5.69 Å². The van der Waals surface area contributed by atoms with Gasteiger partial charge in [-0.1, -0.05) is 6.92 Å². The summed E-state index contributed by atoms with van der Waals surface area (Å²) in [4.78, 5) is 33.8. The van der Waals surface area contributed by atoms with Crippen LogP contribution in [0.4, 0.5) is 0 Å². The lowest BCUT2D eigenvalue weighted by atomic mass is 9.87. The van der Waals surface area contributed by atoms with Gasteiger partial charge in [-0.15, -0.1) is 0 Å². The maximum absolute atomic E-state index is 12.9. The minimum atomic E-state index is -0.0874. The van der Waals surface area contributed by atoms with Crippen molar-refractivity contribution in [2.75, 3.05) is 6.54 Å². The fourth-order valence-corrected chi connectivity index (χ4v) is 3.73. The van der Waals surface area contributed by atoms with Gasteiger partial charge < -0.3 is 9.88 Å². The van der Waals surface area contributed by atoms with Crippen LogP contribution in [-0.4, -0.2) is 37.5 Å². The van der Waals surface area contributed by atoms with E-state index in [2.05, 4.69) is 27.1 Å². The number of carbonyl (C=O) groups is 1. The topological polar surface area (TPSA) is 94.7 Å². The number of fused-ring (bicyclic) bond motifs is 2. The van der Waals surface area contributed by atoms with Crippen molar-refractivity contribution in [2.45, 2.75) is 46.1 Å². The van der Waals surface area contributed by atoms with Gasteiger partial charge in [0.2, 0.25) is 0 Å². The number of aromatic nitrogens is 4. The molecule has 0 radical (unpaired) electrons. The van der Waals surface area contributed by atoms with Gasteiger partial charge in [-0.05, 0) is 38.5 Å². The maximum atomic E-state index is 12.9. The van der Waals surface area contributed by atoms with E-state index in [1.54, 1.807) is 11.8 Å². The molecular weight excluding hydrogens is 306 g/mol. The standard InChI is InChI=1S/C17H21N5O2/c1-9-3-4-13-12(7-9)15(21-20-13)17(24)22-6-5-11-14(8-22)18-10(2)19-16(11)23/h9H,3-8H2,1-2H3,(H,20,21)(H,18,19,23)/t9-/m1/s1. The van der Waals surface area contributed by atoms with Gasteiger partial charge in [-0.25, -0.2) is 4.98 Å². The summed E-state index contributed by atoms with van der Waals surface area (Å²) in [6.07, 6.45) is 3.52. The Kier molecular flexibility index (Phi) is 3.51. The average molecular weight is 327 g/mol. The van der Waals surface area contributed by atoms with Gasteiger partial charge >= 0.3 is 0 Å². The zero-order valence-corrected chi connectivity index (χ0v) is 14.0. The Morgan fingerprint density at radius 1 is 1.29 bits per heavy atom. The van der Waals surface area contributed by atoms with Gasteiger partial charge in [-0.2, -0.15) is 5.10 Å². The van der Waals surface area contributed by atoms with E-state index in [1.807, 2.05) is 0 Å². The van der Waals surface area contributed by atoms with Crippen molar-refractivity contribution >= 4 is 5.91 Å². The Balaban J connectivity index is 1.63. The molecule has 2 aromatic heterocycles. The summed E-state index contributed by atoms with van der Waals surface area (Å²) in [6, 6.07) is 0. The second-order valence-electron chi connectivity index (χ2n) is 6.93. The number of aromatic amines is 2. The molecule has 0 spiro atoms. The van der Waals surface area contributed by atoms with Crippen molar-refractivity contribution in [3.63, 3.8) is 0 Å². The van der Waals surface area contributed by atoms with E-state index in [4.69, 9.17) is 0 Å². The molecule has 1 atom stereocenters. The summed E-state index contributed by atoms with van der Waals surface area (Å²) in [7, 11) is 0. The molecule has 2 aromatic rings. The molecule has 4 rings (SSSR count). The molecule has 7 heteroatoms. The second kappa shape index (κ2) is 5.58. The molecule has 0 saturated heterocycles. The molecule has 7 nitrogen and oxygen atoms in total. The van der Waals surface area contributed by atoms with Crippen LogP contribution in [0.1, 0.15) is 52.2 Å². The van der Waals surface area contributed by atoms with Crippen LogP contribution in [0, 0.1) is 12.8 Å². The van der Waals surface area contributed by atoms with Crippen molar-refractivity contribution in [3.05, 3.63) is 44.4 Å². The van der Waals surface area contributed by atoms with Crippen molar-refractivity contribution in [1.82, 2.24) is 25.1 Å². The summed E-state index contributed by atoms with van der Waals surface area (Å²) < 4.78 is 0.